The van der Waals surface area contributed by atoms with Gasteiger partial charge in [0.05, 0.1) is 19.1 Å². The van der Waals surface area contributed by atoms with Crippen molar-refractivity contribution in [2.45, 2.75) is 223 Å². The largest absolute Gasteiger partial charge is 0.393 e. The average Bonchev–Trinajstić information content (AvgIpc) is 3.37. The van der Waals surface area contributed by atoms with Crippen LogP contribution < -0.4 is 71.2 Å². The van der Waals surface area contributed by atoms with E-state index in [4.69, 9.17) is 28.7 Å². The zero-order chi connectivity index (χ0) is 54.8. The second-order valence-corrected chi connectivity index (χ2v) is 19.5. The zero-order valence-electron chi connectivity index (χ0n) is 44.8. The predicted molar refractivity (Wildman–Crippen MR) is 288 cm³/mol. The zero-order valence-corrected chi connectivity index (χ0v) is 44.8. The number of aliphatic hydroxyl groups is 1. The summed E-state index contributed by atoms with van der Waals surface area (Å²) in [6, 6.07) is -6.66. The highest BCUT2D eigenvalue weighted by molar-refractivity contribution is 5.97. The average molecular weight is 1050 g/mol. The minimum atomic E-state index is -1.22. The molecule has 0 bridgehead atoms. The minimum absolute atomic E-state index is 0.0625. The highest BCUT2D eigenvalue weighted by Crippen LogP contribution is 2.13. The van der Waals surface area contributed by atoms with Crippen LogP contribution in [0, 0.1) is 0 Å². The first kappa shape index (κ1) is 67.3. The van der Waals surface area contributed by atoms with E-state index in [9.17, 15) is 43.5 Å². The number of carbonyl (C=O) groups is 8. The number of nitrogens with two attached hydrogens (primary N) is 5. The first-order valence-electron chi connectivity index (χ1n) is 27.9. The van der Waals surface area contributed by atoms with Gasteiger partial charge in [-0.15, -0.1) is 0 Å². The third-order valence-electron chi connectivity index (χ3n) is 12.9. The summed E-state index contributed by atoms with van der Waals surface area (Å²) in [4.78, 5) is 110. The summed E-state index contributed by atoms with van der Waals surface area (Å²) in [6.07, 6.45) is 17.8. The summed E-state index contributed by atoms with van der Waals surface area (Å²) in [7, 11) is 0. The molecule has 7 atom stereocenters. The molecule has 8 amide bonds. The Bertz CT molecular complexity index is 1640. The van der Waals surface area contributed by atoms with Crippen molar-refractivity contribution in [3.63, 3.8) is 0 Å². The molecule has 1 aliphatic heterocycles. The molecular weight excluding hydrogens is 951 g/mol. The van der Waals surface area contributed by atoms with Gasteiger partial charge in [0.2, 0.25) is 47.3 Å². The second kappa shape index (κ2) is 43.5. The molecule has 0 saturated carbocycles. The van der Waals surface area contributed by atoms with Crippen LogP contribution in [0.1, 0.15) is 180 Å². The number of hydrogen-bond acceptors (Lipinski definition) is 14. The van der Waals surface area contributed by atoms with Gasteiger partial charge >= 0.3 is 0 Å². The molecule has 74 heavy (non-hydrogen) atoms. The van der Waals surface area contributed by atoms with E-state index in [1.54, 1.807) is 0 Å². The number of carbonyl (C=O) groups excluding carboxylic acids is 8. The topological polar surface area (TPSA) is 383 Å². The van der Waals surface area contributed by atoms with Gasteiger partial charge in [0.25, 0.3) is 0 Å². The third-order valence-corrected chi connectivity index (χ3v) is 12.9. The maximum Gasteiger partial charge on any atom is 0.243 e. The molecule has 0 radical (unpaired) electrons. The quantitative estimate of drug-likeness (QED) is 0.0299. The standard InChI is InChI=1S/C52H99N13O9/c1-2-3-4-5-6-7-8-9-10-23-38(66)36-45(67)59-37-46(68)60-40(25-12-18-31-54)48(70)62-44-29-16-22-35-58-47(69)39(24-11-17-30-53)61-49(71)41(26-13-19-32-55)63-50(72)42(27-14-20-33-56)64-51(73)43(65-52(44)74)28-15-21-34-57/h7-8,38-44,66H,2-6,9-37,53-57H2,1H3,(H,58,69)(H,59,67)(H,60,68)(H,61,71)(H,62,70)(H,63,72)(H,64,73)(H,65,74)/b8-7-/t38-,39+,40+,41-,42-,43+,44-/m1/s1. The molecule has 1 fully saturated rings. The molecule has 1 heterocycles. The molecule has 22 nitrogen and oxygen atoms in total. The molecule has 0 aromatic carbocycles. The van der Waals surface area contributed by atoms with Gasteiger partial charge in [-0.05, 0) is 180 Å². The van der Waals surface area contributed by atoms with Crippen molar-refractivity contribution in [3.8, 4) is 0 Å². The number of nitrogens with one attached hydrogen (secondary N) is 8. The summed E-state index contributed by atoms with van der Waals surface area (Å²) in [5.74, 6) is -4.85. The molecular formula is C52H99N13O9. The Kier molecular flexibility index (Phi) is 39.5. The molecule has 0 aromatic rings. The molecule has 1 aliphatic rings. The van der Waals surface area contributed by atoms with Gasteiger partial charge in [-0.25, -0.2) is 0 Å². The SMILES string of the molecule is CCCCCC/C=C\CCC[C@@H](O)CC(=O)NCC(=O)N[C@@H](CCCCN)C(=O)N[C@@H]1CCCCNC(=O)[C@H](CCCCN)NC(=O)[C@@H](CCCCN)NC(=O)[C@@H](CCCCN)NC(=O)[C@H](CCCCN)NC1=O. The Morgan fingerprint density at radius 2 is 1.04 bits per heavy atom. The van der Waals surface area contributed by atoms with E-state index in [0.717, 1.165) is 19.3 Å². The molecule has 0 aliphatic carbocycles. The van der Waals surface area contributed by atoms with Crippen molar-refractivity contribution in [1.82, 2.24) is 42.5 Å². The lowest BCUT2D eigenvalue weighted by Gasteiger charge is -2.28. The van der Waals surface area contributed by atoms with Crippen LogP contribution in [-0.4, -0.2) is 141 Å². The minimum Gasteiger partial charge on any atom is -0.393 e. The molecule has 0 unspecified atom stereocenters. The van der Waals surface area contributed by atoms with Crippen LogP contribution in [0.15, 0.2) is 12.2 Å². The Morgan fingerprint density at radius 1 is 0.568 bits per heavy atom. The summed E-state index contributed by atoms with van der Waals surface area (Å²) >= 11 is 0. The number of aliphatic hydroxyl groups excluding tert-OH is 1. The first-order chi connectivity index (χ1) is 35.7. The third kappa shape index (κ3) is 31.9. The summed E-state index contributed by atoms with van der Waals surface area (Å²) in [6.45, 7) is 3.62. The normalized spacial score (nSPS) is 20.4. The van der Waals surface area contributed by atoms with Crippen molar-refractivity contribution >= 4 is 47.3 Å². The highest BCUT2D eigenvalue weighted by Gasteiger charge is 2.33. The van der Waals surface area contributed by atoms with Crippen molar-refractivity contribution in [1.29, 1.82) is 0 Å². The fourth-order valence-electron chi connectivity index (χ4n) is 8.46. The molecule has 1 rings (SSSR count). The second-order valence-electron chi connectivity index (χ2n) is 19.5. The summed E-state index contributed by atoms with van der Waals surface area (Å²) < 4.78 is 0. The Labute approximate surface area is 441 Å². The van der Waals surface area contributed by atoms with Crippen molar-refractivity contribution in [3.05, 3.63) is 12.2 Å². The summed E-state index contributed by atoms with van der Waals surface area (Å²) in [5, 5.41) is 32.6. The Morgan fingerprint density at radius 3 is 1.54 bits per heavy atom. The fraction of sp³-hybridized carbons (Fsp3) is 0.808. The molecule has 22 heteroatoms. The summed E-state index contributed by atoms with van der Waals surface area (Å²) in [5.41, 5.74) is 28.8. The lowest BCUT2D eigenvalue weighted by atomic mass is 10.0. The maximum absolute atomic E-state index is 14.4. The van der Waals surface area contributed by atoms with E-state index in [0.29, 0.717) is 123 Å². The van der Waals surface area contributed by atoms with Crippen molar-refractivity contribution < 1.29 is 43.5 Å². The predicted octanol–water partition coefficient (Wildman–Crippen LogP) is 0.404. The van der Waals surface area contributed by atoms with E-state index >= 15 is 0 Å². The van der Waals surface area contributed by atoms with Gasteiger partial charge in [-0.3, -0.25) is 38.4 Å². The van der Waals surface area contributed by atoms with E-state index < -0.39 is 96.2 Å². The Hall–Kier alpha value is -4.74. The van der Waals surface area contributed by atoms with Gasteiger partial charge in [0.15, 0.2) is 0 Å². The highest BCUT2D eigenvalue weighted by atomic mass is 16.3. The van der Waals surface area contributed by atoms with E-state index in [1.165, 1.54) is 19.3 Å². The number of allylic oxidation sites excluding steroid dienone is 2. The van der Waals surface area contributed by atoms with Gasteiger partial charge in [-0.1, -0.05) is 38.3 Å². The molecule has 19 N–H and O–H groups in total. The van der Waals surface area contributed by atoms with Gasteiger partial charge in [0.1, 0.15) is 36.3 Å². The molecule has 1 saturated heterocycles. The van der Waals surface area contributed by atoms with Crippen LogP contribution in [0.2, 0.25) is 0 Å². The molecule has 0 aromatic heterocycles. The lowest BCUT2D eigenvalue weighted by molar-refractivity contribution is -0.135. The van der Waals surface area contributed by atoms with Crippen LogP contribution >= 0.6 is 0 Å². The number of hydrogen-bond donors (Lipinski definition) is 14. The monoisotopic (exact) mass is 1050 g/mol. The van der Waals surface area contributed by atoms with Gasteiger partial charge in [-0.2, -0.15) is 0 Å². The fourth-order valence-corrected chi connectivity index (χ4v) is 8.46. The van der Waals surface area contributed by atoms with E-state index in [-0.39, 0.29) is 51.5 Å². The number of amides is 8. The number of rotatable bonds is 36. The number of unbranched alkanes of at least 4 members (excludes halogenated alkanes) is 10. The van der Waals surface area contributed by atoms with Crippen LogP contribution in [0.4, 0.5) is 0 Å². The van der Waals surface area contributed by atoms with Crippen molar-refractivity contribution in [2.75, 3.05) is 45.8 Å². The van der Waals surface area contributed by atoms with Gasteiger partial charge in [0, 0.05) is 6.54 Å². The molecule has 426 valence electrons. The van der Waals surface area contributed by atoms with Crippen molar-refractivity contribution in [2.24, 2.45) is 28.7 Å². The maximum atomic E-state index is 14.4. The van der Waals surface area contributed by atoms with Crippen LogP contribution in [0.25, 0.3) is 0 Å². The first-order valence-corrected chi connectivity index (χ1v) is 27.9. The van der Waals surface area contributed by atoms with Crippen LogP contribution in [-0.2, 0) is 38.4 Å². The lowest BCUT2D eigenvalue weighted by Crippen LogP contribution is -2.59. The van der Waals surface area contributed by atoms with Crippen LogP contribution in [0.5, 0.6) is 0 Å². The molecule has 0 spiro atoms. The smallest absolute Gasteiger partial charge is 0.243 e. The van der Waals surface area contributed by atoms with Gasteiger partial charge < -0.3 is 76.3 Å². The van der Waals surface area contributed by atoms with Crippen LogP contribution in [0.3, 0.4) is 0 Å². The van der Waals surface area contributed by atoms with E-state index in [2.05, 4.69) is 61.6 Å². The Balaban J connectivity index is 3.41. The van der Waals surface area contributed by atoms with E-state index in [1.807, 2.05) is 0 Å².